The van der Waals surface area contributed by atoms with Crippen molar-refractivity contribution in [3.8, 4) is 0 Å². The highest BCUT2D eigenvalue weighted by molar-refractivity contribution is 6.06. The maximum absolute atomic E-state index is 12.1. The van der Waals surface area contributed by atoms with Crippen LogP contribution >= 0.6 is 0 Å². The Kier molecular flexibility index (Phi) is 4.31. The summed E-state index contributed by atoms with van der Waals surface area (Å²) in [7, 11) is 0. The Morgan fingerprint density at radius 2 is 2.15 bits per heavy atom. The summed E-state index contributed by atoms with van der Waals surface area (Å²) in [5, 5.41) is 2.68. The molecule has 0 aliphatic carbocycles. The Hall–Kier alpha value is -1.18. The molecular formula is C13H24N4O3. The minimum atomic E-state index is -0.795. The third-order valence-corrected chi connectivity index (χ3v) is 3.85. The molecule has 2 rings (SSSR count). The van der Waals surface area contributed by atoms with Crippen LogP contribution in [0.2, 0.25) is 0 Å². The minimum Gasteiger partial charge on any atom is -0.374 e. The zero-order valence-electron chi connectivity index (χ0n) is 12.4. The van der Waals surface area contributed by atoms with Crippen LogP contribution in [0.1, 0.15) is 20.8 Å². The molecular weight excluding hydrogens is 260 g/mol. The molecule has 0 radical (unpaired) electrons. The molecule has 0 saturated carbocycles. The van der Waals surface area contributed by atoms with Gasteiger partial charge in [0, 0.05) is 32.2 Å². The molecule has 0 spiro atoms. The van der Waals surface area contributed by atoms with Gasteiger partial charge in [0.15, 0.2) is 0 Å². The fourth-order valence-electron chi connectivity index (χ4n) is 2.52. The Balaban J connectivity index is 1.86. The van der Waals surface area contributed by atoms with Crippen molar-refractivity contribution in [1.29, 1.82) is 0 Å². The first kappa shape index (κ1) is 15.2. The van der Waals surface area contributed by atoms with Crippen molar-refractivity contribution < 1.29 is 14.3 Å². The van der Waals surface area contributed by atoms with E-state index in [0.717, 1.165) is 13.1 Å². The first-order valence-electron chi connectivity index (χ1n) is 7.05. The van der Waals surface area contributed by atoms with Gasteiger partial charge >= 0.3 is 6.03 Å². The largest absolute Gasteiger partial charge is 0.374 e. The molecule has 20 heavy (non-hydrogen) atoms. The van der Waals surface area contributed by atoms with Gasteiger partial charge in [0.1, 0.15) is 5.54 Å². The number of amides is 3. The average molecular weight is 284 g/mol. The molecule has 2 aliphatic rings. The van der Waals surface area contributed by atoms with E-state index in [1.807, 2.05) is 6.92 Å². The topological polar surface area (TPSA) is 87.9 Å². The Morgan fingerprint density at radius 3 is 2.70 bits per heavy atom. The number of urea groups is 1. The van der Waals surface area contributed by atoms with Gasteiger partial charge in [0.2, 0.25) is 0 Å². The highest BCUT2D eigenvalue weighted by Crippen LogP contribution is 2.16. The van der Waals surface area contributed by atoms with Gasteiger partial charge in [-0.1, -0.05) is 0 Å². The normalized spacial score (nSPS) is 28.6. The zero-order chi connectivity index (χ0) is 14.9. The third kappa shape index (κ3) is 3.11. The van der Waals surface area contributed by atoms with Crippen LogP contribution in [0.5, 0.6) is 0 Å². The summed E-state index contributed by atoms with van der Waals surface area (Å²) >= 11 is 0. The fourth-order valence-corrected chi connectivity index (χ4v) is 2.52. The van der Waals surface area contributed by atoms with E-state index in [1.54, 1.807) is 13.8 Å². The zero-order valence-corrected chi connectivity index (χ0v) is 12.4. The van der Waals surface area contributed by atoms with E-state index in [0.29, 0.717) is 19.7 Å². The van der Waals surface area contributed by atoms with Gasteiger partial charge in [-0.3, -0.25) is 14.6 Å². The first-order valence-corrected chi connectivity index (χ1v) is 7.05. The highest BCUT2D eigenvalue weighted by Gasteiger charge is 2.44. The number of morpholine rings is 1. The van der Waals surface area contributed by atoms with Crippen molar-refractivity contribution in [3.05, 3.63) is 0 Å². The molecule has 0 aromatic carbocycles. The molecule has 2 heterocycles. The number of imide groups is 1. The van der Waals surface area contributed by atoms with Crippen LogP contribution in [-0.4, -0.2) is 72.2 Å². The number of nitrogens with two attached hydrogens (primary N) is 1. The van der Waals surface area contributed by atoms with E-state index in [1.165, 1.54) is 4.90 Å². The lowest BCUT2D eigenvalue weighted by atomic mass is 10.1. The predicted molar refractivity (Wildman–Crippen MR) is 74.2 cm³/mol. The molecule has 0 aromatic rings. The van der Waals surface area contributed by atoms with E-state index in [-0.39, 0.29) is 24.1 Å². The lowest BCUT2D eigenvalue weighted by molar-refractivity contribution is -0.130. The molecule has 7 nitrogen and oxygen atoms in total. The van der Waals surface area contributed by atoms with Crippen LogP contribution in [0.25, 0.3) is 0 Å². The average Bonchev–Trinajstić information content (AvgIpc) is 2.57. The molecule has 2 fully saturated rings. The van der Waals surface area contributed by atoms with Crippen LogP contribution in [0.15, 0.2) is 0 Å². The number of carbonyl (C=O) groups is 2. The van der Waals surface area contributed by atoms with Crippen LogP contribution in [-0.2, 0) is 9.53 Å². The van der Waals surface area contributed by atoms with Gasteiger partial charge in [0.05, 0.1) is 12.7 Å². The van der Waals surface area contributed by atoms with Crippen molar-refractivity contribution in [1.82, 2.24) is 15.1 Å². The summed E-state index contributed by atoms with van der Waals surface area (Å²) in [5.74, 6) is -0.167. The van der Waals surface area contributed by atoms with Crippen molar-refractivity contribution in [3.63, 3.8) is 0 Å². The van der Waals surface area contributed by atoms with Crippen molar-refractivity contribution >= 4 is 11.9 Å². The van der Waals surface area contributed by atoms with Gasteiger partial charge < -0.3 is 15.8 Å². The molecule has 2 atom stereocenters. The molecule has 2 saturated heterocycles. The predicted octanol–water partition coefficient (Wildman–Crippen LogP) is -0.635. The summed E-state index contributed by atoms with van der Waals surface area (Å²) in [6, 6.07) is -0.328. The quantitative estimate of drug-likeness (QED) is 0.671. The van der Waals surface area contributed by atoms with Crippen molar-refractivity contribution in [2.45, 2.75) is 38.5 Å². The smallest absolute Gasteiger partial charge is 0.325 e. The second-order valence-corrected chi connectivity index (χ2v) is 6.08. The molecule has 0 bridgehead atoms. The Labute approximate surface area is 119 Å². The number of rotatable bonds is 4. The van der Waals surface area contributed by atoms with Crippen LogP contribution in [0, 0.1) is 0 Å². The SMILES string of the molecule is CC(N)C1CN(CCN2C(=O)NC(C)(C)C2=O)CCO1. The fraction of sp³-hybridized carbons (Fsp3) is 0.846. The summed E-state index contributed by atoms with van der Waals surface area (Å²) in [6.45, 7) is 8.59. The summed E-state index contributed by atoms with van der Waals surface area (Å²) in [4.78, 5) is 27.3. The van der Waals surface area contributed by atoms with E-state index < -0.39 is 5.54 Å². The Bertz CT molecular complexity index is 397. The first-order chi connectivity index (χ1) is 9.31. The number of nitrogens with zero attached hydrogens (tertiary/aromatic N) is 2. The maximum Gasteiger partial charge on any atom is 0.325 e. The van der Waals surface area contributed by atoms with E-state index >= 15 is 0 Å². The van der Waals surface area contributed by atoms with E-state index in [9.17, 15) is 9.59 Å². The molecule has 0 aromatic heterocycles. The van der Waals surface area contributed by atoms with Gasteiger partial charge in [0.25, 0.3) is 5.91 Å². The van der Waals surface area contributed by atoms with Gasteiger partial charge in [-0.2, -0.15) is 0 Å². The summed E-state index contributed by atoms with van der Waals surface area (Å²) < 4.78 is 5.59. The van der Waals surface area contributed by atoms with Gasteiger partial charge in [-0.15, -0.1) is 0 Å². The summed E-state index contributed by atoms with van der Waals surface area (Å²) in [5.41, 5.74) is 5.05. The lowest BCUT2D eigenvalue weighted by Gasteiger charge is -2.35. The Morgan fingerprint density at radius 1 is 1.45 bits per heavy atom. The molecule has 2 unspecified atom stereocenters. The second-order valence-electron chi connectivity index (χ2n) is 6.08. The lowest BCUT2D eigenvalue weighted by Crippen LogP contribution is -2.51. The molecule has 114 valence electrons. The third-order valence-electron chi connectivity index (χ3n) is 3.85. The van der Waals surface area contributed by atoms with E-state index in [4.69, 9.17) is 10.5 Å². The minimum absolute atomic E-state index is 0.0169. The van der Waals surface area contributed by atoms with Crippen LogP contribution in [0.4, 0.5) is 4.79 Å². The van der Waals surface area contributed by atoms with Gasteiger partial charge in [-0.05, 0) is 20.8 Å². The number of carbonyl (C=O) groups excluding carboxylic acids is 2. The molecule has 3 amide bonds. The highest BCUT2D eigenvalue weighted by atomic mass is 16.5. The van der Waals surface area contributed by atoms with Crippen molar-refractivity contribution in [2.75, 3.05) is 32.8 Å². The summed E-state index contributed by atoms with van der Waals surface area (Å²) in [6.07, 6.45) is 0.0169. The van der Waals surface area contributed by atoms with Crippen LogP contribution in [0.3, 0.4) is 0 Å². The van der Waals surface area contributed by atoms with Gasteiger partial charge in [-0.25, -0.2) is 4.79 Å². The molecule has 2 aliphatic heterocycles. The maximum atomic E-state index is 12.1. The monoisotopic (exact) mass is 284 g/mol. The molecule has 3 N–H and O–H groups in total. The van der Waals surface area contributed by atoms with Crippen LogP contribution < -0.4 is 11.1 Å². The van der Waals surface area contributed by atoms with E-state index in [2.05, 4.69) is 10.2 Å². The number of hydrogen-bond donors (Lipinski definition) is 2. The number of hydrogen-bond acceptors (Lipinski definition) is 5. The standard InChI is InChI=1S/C13H24N4O3/c1-9(14)10-8-16(6-7-20-10)4-5-17-11(18)13(2,3)15-12(17)19/h9-10H,4-8,14H2,1-3H3,(H,15,19). The van der Waals surface area contributed by atoms with Crippen molar-refractivity contribution in [2.24, 2.45) is 5.73 Å². The molecule has 7 heteroatoms. The number of ether oxygens (including phenoxy) is 1. The number of nitrogens with one attached hydrogen (secondary N) is 1. The second kappa shape index (κ2) is 5.67.